The Kier molecular flexibility index (Phi) is 3.22. The Hall–Kier alpha value is -1.81. The average molecular weight is 298 g/mol. The van der Waals surface area contributed by atoms with Crippen LogP contribution in [0.2, 0.25) is 0 Å². The van der Waals surface area contributed by atoms with Crippen molar-refractivity contribution in [3.63, 3.8) is 0 Å². The molecule has 0 spiro atoms. The number of carbonyl (C=O) groups excluding carboxylic acids is 1. The molecule has 2 aromatic rings. The number of likely N-dealkylation sites (tertiary alicyclic amines) is 1. The van der Waals surface area contributed by atoms with Gasteiger partial charge in [-0.05, 0) is 37.8 Å². The van der Waals surface area contributed by atoms with Crippen LogP contribution in [-0.2, 0) is 21.6 Å². The van der Waals surface area contributed by atoms with E-state index < -0.39 is 5.60 Å². The first-order valence-electron chi connectivity index (χ1n) is 8.19. The van der Waals surface area contributed by atoms with Crippen LogP contribution in [0.1, 0.15) is 37.4 Å². The zero-order valence-corrected chi connectivity index (χ0v) is 13.0. The predicted octanol–water partition coefficient (Wildman–Crippen LogP) is 2.97. The maximum Gasteiger partial charge on any atom is 0.225 e. The van der Waals surface area contributed by atoms with Crippen LogP contribution in [0.4, 0.5) is 0 Å². The molecule has 22 heavy (non-hydrogen) atoms. The van der Waals surface area contributed by atoms with Crippen molar-refractivity contribution in [2.75, 3.05) is 19.7 Å². The number of aromatic nitrogens is 1. The van der Waals surface area contributed by atoms with Crippen LogP contribution in [0.15, 0.2) is 24.3 Å². The van der Waals surface area contributed by atoms with Gasteiger partial charge < -0.3 is 14.6 Å². The third-order valence-corrected chi connectivity index (χ3v) is 5.06. The average Bonchev–Trinajstić information content (AvgIpc) is 3.15. The fourth-order valence-corrected chi connectivity index (χ4v) is 3.87. The number of para-hydroxylation sites is 1. The van der Waals surface area contributed by atoms with E-state index in [4.69, 9.17) is 4.74 Å². The van der Waals surface area contributed by atoms with E-state index in [9.17, 15) is 4.79 Å². The van der Waals surface area contributed by atoms with E-state index in [0.717, 1.165) is 43.6 Å². The molecule has 2 aliphatic rings. The highest BCUT2D eigenvalue weighted by Crippen LogP contribution is 2.39. The van der Waals surface area contributed by atoms with Crippen molar-refractivity contribution < 1.29 is 9.53 Å². The number of carbonyl (C=O) groups is 1. The highest BCUT2D eigenvalue weighted by Gasteiger charge is 2.39. The Balaban J connectivity index is 1.69. The first-order chi connectivity index (χ1) is 10.7. The van der Waals surface area contributed by atoms with Crippen molar-refractivity contribution in [2.24, 2.45) is 0 Å². The molecule has 1 N–H and O–H groups in total. The fourth-order valence-electron chi connectivity index (χ4n) is 3.87. The second kappa shape index (κ2) is 5.13. The fraction of sp³-hybridized carbons (Fsp3) is 0.500. The number of fused-ring (bicyclic) bond motifs is 3. The van der Waals surface area contributed by atoms with Gasteiger partial charge in [0.2, 0.25) is 5.91 Å². The van der Waals surface area contributed by atoms with E-state index in [1.54, 1.807) is 0 Å². The van der Waals surface area contributed by atoms with Gasteiger partial charge in [-0.3, -0.25) is 4.79 Å². The molecule has 4 nitrogen and oxygen atoms in total. The van der Waals surface area contributed by atoms with Crippen molar-refractivity contribution in [1.29, 1.82) is 0 Å². The van der Waals surface area contributed by atoms with Gasteiger partial charge in [0.05, 0.1) is 18.7 Å². The Morgan fingerprint density at radius 3 is 2.91 bits per heavy atom. The first kappa shape index (κ1) is 13.8. The molecule has 4 heteroatoms. The monoisotopic (exact) mass is 298 g/mol. The number of amides is 1. The molecule has 1 amide bonds. The van der Waals surface area contributed by atoms with Gasteiger partial charge in [0.15, 0.2) is 0 Å². The normalized spacial score (nSPS) is 24.7. The topological polar surface area (TPSA) is 45.3 Å². The van der Waals surface area contributed by atoms with Crippen LogP contribution in [0.25, 0.3) is 10.9 Å². The third-order valence-electron chi connectivity index (χ3n) is 5.06. The van der Waals surface area contributed by atoms with Crippen molar-refractivity contribution in [3.05, 3.63) is 35.5 Å². The zero-order valence-electron chi connectivity index (χ0n) is 13.0. The first-order valence-corrected chi connectivity index (χ1v) is 8.19. The van der Waals surface area contributed by atoms with E-state index >= 15 is 0 Å². The van der Waals surface area contributed by atoms with Crippen molar-refractivity contribution in [1.82, 2.24) is 9.88 Å². The molecule has 1 fully saturated rings. The van der Waals surface area contributed by atoms with E-state index in [-0.39, 0.29) is 5.91 Å². The Labute approximate surface area is 130 Å². The van der Waals surface area contributed by atoms with Gasteiger partial charge in [-0.2, -0.15) is 0 Å². The molecule has 4 rings (SSSR count). The lowest BCUT2D eigenvalue weighted by molar-refractivity contribution is -0.139. The minimum Gasteiger partial charge on any atom is -0.368 e. The summed E-state index contributed by atoms with van der Waals surface area (Å²) >= 11 is 0. The maximum absolute atomic E-state index is 12.6. The number of nitrogens with zero attached hydrogens (tertiary/aromatic N) is 1. The minimum atomic E-state index is -0.535. The molecule has 1 atom stereocenters. The molecule has 0 bridgehead atoms. The van der Waals surface area contributed by atoms with E-state index in [1.807, 2.05) is 17.9 Å². The van der Waals surface area contributed by atoms with Gasteiger partial charge in [0, 0.05) is 24.0 Å². The number of ether oxygens (including phenoxy) is 1. The molecule has 0 saturated carbocycles. The van der Waals surface area contributed by atoms with Gasteiger partial charge in [-0.25, -0.2) is 0 Å². The summed E-state index contributed by atoms with van der Waals surface area (Å²) in [5, 5.41) is 1.26. The number of benzene rings is 1. The van der Waals surface area contributed by atoms with Gasteiger partial charge in [-0.15, -0.1) is 0 Å². The Bertz CT molecular complexity index is 715. The maximum atomic E-state index is 12.6. The summed E-state index contributed by atoms with van der Waals surface area (Å²) in [5.74, 6) is 0.214. The SMILES string of the molecule is CC1(CC(=O)N2CCCC2)OCCc2c1[nH]c1ccccc21. The van der Waals surface area contributed by atoms with Gasteiger partial charge in [-0.1, -0.05) is 18.2 Å². The second-order valence-corrected chi connectivity index (χ2v) is 6.62. The molecular formula is C18H22N2O2. The van der Waals surface area contributed by atoms with Crippen LogP contribution in [-0.4, -0.2) is 35.5 Å². The standard InChI is InChI=1S/C18H22N2O2/c1-18(12-16(21)20-9-4-5-10-20)17-14(8-11-22-18)13-6-2-3-7-15(13)19-17/h2-3,6-7,19H,4-5,8-12H2,1H3. The third kappa shape index (κ3) is 2.13. The van der Waals surface area contributed by atoms with Crippen molar-refractivity contribution >= 4 is 16.8 Å². The molecule has 3 heterocycles. The summed E-state index contributed by atoms with van der Waals surface area (Å²) in [7, 11) is 0. The zero-order chi connectivity index (χ0) is 15.2. The molecule has 0 radical (unpaired) electrons. The molecule has 2 aliphatic heterocycles. The number of hydrogen-bond donors (Lipinski definition) is 1. The van der Waals surface area contributed by atoms with E-state index in [1.165, 1.54) is 10.9 Å². The largest absolute Gasteiger partial charge is 0.368 e. The molecule has 1 saturated heterocycles. The highest BCUT2D eigenvalue weighted by molar-refractivity contribution is 5.86. The summed E-state index contributed by atoms with van der Waals surface area (Å²) in [5.41, 5.74) is 3.01. The molecule has 116 valence electrons. The summed E-state index contributed by atoms with van der Waals surface area (Å²) in [4.78, 5) is 18.1. The number of aromatic amines is 1. The Morgan fingerprint density at radius 2 is 2.09 bits per heavy atom. The van der Waals surface area contributed by atoms with Crippen molar-refractivity contribution in [2.45, 2.75) is 38.2 Å². The summed E-state index contributed by atoms with van der Waals surface area (Å²) in [6.07, 6.45) is 3.58. The lowest BCUT2D eigenvalue weighted by Gasteiger charge is -2.34. The predicted molar refractivity (Wildman–Crippen MR) is 85.7 cm³/mol. The quantitative estimate of drug-likeness (QED) is 0.926. The van der Waals surface area contributed by atoms with Crippen LogP contribution in [0, 0.1) is 0 Å². The van der Waals surface area contributed by atoms with Crippen LogP contribution in [0.5, 0.6) is 0 Å². The van der Waals surface area contributed by atoms with Gasteiger partial charge in [0.25, 0.3) is 0 Å². The summed E-state index contributed by atoms with van der Waals surface area (Å²) < 4.78 is 6.07. The smallest absolute Gasteiger partial charge is 0.225 e. The lowest BCUT2D eigenvalue weighted by Crippen LogP contribution is -2.39. The van der Waals surface area contributed by atoms with Crippen LogP contribution < -0.4 is 0 Å². The Morgan fingerprint density at radius 1 is 1.32 bits per heavy atom. The molecule has 0 aliphatic carbocycles. The van der Waals surface area contributed by atoms with E-state index in [0.29, 0.717) is 13.0 Å². The van der Waals surface area contributed by atoms with Gasteiger partial charge in [0.1, 0.15) is 5.60 Å². The van der Waals surface area contributed by atoms with Crippen LogP contribution in [0.3, 0.4) is 0 Å². The summed E-state index contributed by atoms with van der Waals surface area (Å²) in [6, 6.07) is 8.35. The number of hydrogen-bond acceptors (Lipinski definition) is 2. The van der Waals surface area contributed by atoms with Crippen LogP contribution >= 0.6 is 0 Å². The number of rotatable bonds is 2. The van der Waals surface area contributed by atoms with E-state index in [2.05, 4.69) is 23.2 Å². The molecular weight excluding hydrogens is 276 g/mol. The molecule has 1 aromatic heterocycles. The molecule has 1 aromatic carbocycles. The number of nitrogens with one attached hydrogen (secondary N) is 1. The number of H-pyrrole nitrogens is 1. The minimum absolute atomic E-state index is 0.214. The van der Waals surface area contributed by atoms with Crippen molar-refractivity contribution in [3.8, 4) is 0 Å². The highest BCUT2D eigenvalue weighted by atomic mass is 16.5. The van der Waals surface area contributed by atoms with Gasteiger partial charge >= 0.3 is 0 Å². The lowest BCUT2D eigenvalue weighted by atomic mass is 9.89. The second-order valence-electron chi connectivity index (χ2n) is 6.62. The molecule has 1 unspecified atom stereocenters. The summed E-state index contributed by atoms with van der Waals surface area (Å²) in [6.45, 7) is 4.52.